The summed E-state index contributed by atoms with van der Waals surface area (Å²) >= 11 is 5.60. The molecule has 0 radical (unpaired) electrons. The molecule has 1 fully saturated rings. The van der Waals surface area contributed by atoms with Crippen LogP contribution in [-0.4, -0.2) is 28.2 Å². The first-order chi connectivity index (χ1) is 15.7. The molecule has 0 spiro atoms. The summed E-state index contributed by atoms with van der Waals surface area (Å²) in [7, 11) is 0. The van der Waals surface area contributed by atoms with Crippen molar-refractivity contribution in [2.45, 2.75) is 38.9 Å². The van der Waals surface area contributed by atoms with Gasteiger partial charge in [0.1, 0.15) is 11.6 Å². The van der Waals surface area contributed by atoms with Crippen molar-refractivity contribution in [3.8, 4) is 0 Å². The molecular weight excluding hydrogens is 416 g/mol. The highest BCUT2D eigenvalue weighted by molar-refractivity contribution is 7.80. The van der Waals surface area contributed by atoms with E-state index in [1.807, 2.05) is 18.2 Å². The van der Waals surface area contributed by atoms with Crippen molar-refractivity contribution >= 4 is 34.9 Å². The molecule has 0 amide bonds. The highest BCUT2D eigenvalue weighted by Gasteiger charge is 2.23. The summed E-state index contributed by atoms with van der Waals surface area (Å²) in [6, 6.07) is 21.1. The normalized spacial score (nSPS) is 16.0. The zero-order valence-electron chi connectivity index (χ0n) is 18.3. The van der Waals surface area contributed by atoms with Gasteiger partial charge in [-0.3, -0.25) is 0 Å². The summed E-state index contributed by atoms with van der Waals surface area (Å²) < 4.78 is 0. The molecule has 164 valence electrons. The van der Waals surface area contributed by atoms with Gasteiger partial charge in [0, 0.05) is 32.2 Å². The van der Waals surface area contributed by atoms with Crippen LogP contribution >= 0.6 is 12.2 Å². The summed E-state index contributed by atoms with van der Waals surface area (Å²) in [4.78, 5) is 14.3. The van der Waals surface area contributed by atoms with Crippen LogP contribution in [0.2, 0.25) is 0 Å². The molecule has 3 heterocycles. The van der Waals surface area contributed by atoms with Crippen molar-refractivity contribution in [2.75, 3.05) is 28.2 Å². The van der Waals surface area contributed by atoms with E-state index in [9.17, 15) is 0 Å². The van der Waals surface area contributed by atoms with Crippen molar-refractivity contribution in [3.05, 3.63) is 77.4 Å². The zero-order chi connectivity index (χ0) is 21.9. The fourth-order valence-electron chi connectivity index (χ4n) is 4.40. The highest BCUT2D eigenvalue weighted by Crippen LogP contribution is 2.30. The molecule has 5 rings (SSSR count). The third kappa shape index (κ3) is 4.53. The van der Waals surface area contributed by atoms with Gasteiger partial charge >= 0.3 is 0 Å². The van der Waals surface area contributed by atoms with Gasteiger partial charge in [-0.25, -0.2) is 0 Å². The Balaban J connectivity index is 1.36. The summed E-state index contributed by atoms with van der Waals surface area (Å²) in [5.74, 6) is 2.43. The molecule has 2 aliphatic heterocycles. The van der Waals surface area contributed by atoms with Gasteiger partial charge in [-0.15, -0.1) is 0 Å². The molecule has 0 bridgehead atoms. The van der Waals surface area contributed by atoms with E-state index in [1.54, 1.807) is 0 Å². The van der Waals surface area contributed by atoms with E-state index in [4.69, 9.17) is 22.2 Å². The standard InChI is InChI=1S/C25H28N6S/c1-18(19-9-3-2-4-10-19)26-25(32)29-24-27-22(30-13-7-8-14-30)15-23(28-24)31-16-20-11-5-6-12-21(20)17-31/h2-6,9-12,15,18H,7-8,13-14,16-17H2,1H3,(H2,26,27,28,29,32)/t18-/m1/s1. The van der Waals surface area contributed by atoms with Crippen LogP contribution in [0.1, 0.15) is 42.5 Å². The van der Waals surface area contributed by atoms with E-state index >= 15 is 0 Å². The molecule has 6 nitrogen and oxygen atoms in total. The predicted molar refractivity (Wildman–Crippen MR) is 134 cm³/mol. The molecule has 3 aromatic rings. The Morgan fingerprint density at radius 2 is 1.47 bits per heavy atom. The predicted octanol–water partition coefficient (Wildman–Crippen LogP) is 4.64. The molecule has 7 heteroatoms. The number of thiocarbonyl (C=S) groups is 1. The Bertz CT molecular complexity index is 1070. The number of fused-ring (bicyclic) bond motifs is 1. The van der Waals surface area contributed by atoms with Crippen LogP contribution in [-0.2, 0) is 13.1 Å². The van der Waals surface area contributed by atoms with Gasteiger partial charge in [-0.2, -0.15) is 9.97 Å². The minimum atomic E-state index is 0.0884. The minimum absolute atomic E-state index is 0.0884. The lowest BCUT2D eigenvalue weighted by Gasteiger charge is -2.23. The quantitative estimate of drug-likeness (QED) is 0.556. The first-order valence-electron chi connectivity index (χ1n) is 11.2. The van der Waals surface area contributed by atoms with Crippen LogP contribution in [0.15, 0.2) is 60.7 Å². The topological polar surface area (TPSA) is 56.3 Å². The summed E-state index contributed by atoms with van der Waals surface area (Å²) in [6.07, 6.45) is 2.40. The molecule has 2 aromatic carbocycles. The minimum Gasteiger partial charge on any atom is -0.356 e. The van der Waals surface area contributed by atoms with E-state index in [0.717, 1.165) is 37.8 Å². The number of benzene rings is 2. The Morgan fingerprint density at radius 1 is 0.875 bits per heavy atom. The average molecular weight is 445 g/mol. The fourth-order valence-corrected chi connectivity index (χ4v) is 4.67. The number of anilines is 3. The van der Waals surface area contributed by atoms with Gasteiger partial charge in [-0.05, 0) is 48.7 Å². The lowest BCUT2D eigenvalue weighted by atomic mass is 10.1. The lowest BCUT2D eigenvalue weighted by Crippen LogP contribution is -2.32. The summed E-state index contributed by atoms with van der Waals surface area (Å²) in [5.41, 5.74) is 3.90. The summed E-state index contributed by atoms with van der Waals surface area (Å²) in [6.45, 7) is 5.88. The lowest BCUT2D eigenvalue weighted by molar-refractivity contribution is 0.722. The van der Waals surface area contributed by atoms with Gasteiger partial charge in [0.2, 0.25) is 5.95 Å². The van der Waals surface area contributed by atoms with Crippen molar-refractivity contribution in [3.63, 3.8) is 0 Å². The first kappa shape index (κ1) is 20.7. The van der Waals surface area contributed by atoms with Crippen LogP contribution in [0.4, 0.5) is 17.6 Å². The van der Waals surface area contributed by atoms with Gasteiger partial charge in [0.05, 0.1) is 6.04 Å². The molecular formula is C25H28N6S. The Labute approximate surface area is 194 Å². The Kier molecular flexibility index (Phi) is 5.90. The molecule has 0 aliphatic carbocycles. The second-order valence-corrected chi connectivity index (χ2v) is 8.87. The number of rotatable bonds is 5. The van der Waals surface area contributed by atoms with E-state index < -0.39 is 0 Å². The van der Waals surface area contributed by atoms with Crippen LogP contribution < -0.4 is 20.4 Å². The SMILES string of the molecule is C[C@@H](NC(=S)Nc1nc(N2CCCC2)cc(N2Cc3ccccc3C2)n1)c1ccccc1. The maximum Gasteiger partial charge on any atom is 0.232 e. The number of nitrogens with zero attached hydrogens (tertiary/aromatic N) is 4. The fraction of sp³-hybridized carbons (Fsp3) is 0.320. The number of hydrogen-bond acceptors (Lipinski definition) is 5. The molecule has 0 unspecified atom stereocenters. The van der Waals surface area contributed by atoms with Crippen LogP contribution in [0, 0.1) is 0 Å². The molecule has 1 saturated heterocycles. The van der Waals surface area contributed by atoms with Crippen molar-refractivity contribution in [1.82, 2.24) is 15.3 Å². The maximum absolute atomic E-state index is 5.60. The zero-order valence-corrected chi connectivity index (χ0v) is 19.1. The molecule has 0 saturated carbocycles. The van der Waals surface area contributed by atoms with E-state index in [1.165, 1.54) is 29.5 Å². The van der Waals surface area contributed by atoms with Crippen LogP contribution in [0.25, 0.3) is 0 Å². The monoisotopic (exact) mass is 444 g/mol. The van der Waals surface area contributed by atoms with Crippen LogP contribution in [0.3, 0.4) is 0 Å². The van der Waals surface area contributed by atoms with Gasteiger partial charge in [-0.1, -0.05) is 54.6 Å². The van der Waals surface area contributed by atoms with Gasteiger partial charge in [0.25, 0.3) is 0 Å². The van der Waals surface area contributed by atoms with Crippen molar-refractivity contribution in [1.29, 1.82) is 0 Å². The van der Waals surface area contributed by atoms with E-state index in [0.29, 0.717) is 11.1 Å². The molecule has 2 aliphatic rings. The average Bonchev–Trinajstić information content (AvgIpc) is 3.49. The van der Waals surface area contributed by atoms with Crippen LogP contribution in [0.5, 0.6) is 0 Å². The molecule has 2 N–H and O–H groups in total. The van der Waals surface area contributed by atoms with E-state index in [2.05, 4.69) is 69.8 Å². The maximum atomic E-state index is 5.60. The number of hydrogen-bond donors (Lipinski definition) is 2. The highest BCUT2D eigenvalue weighted by atomic mass is 32.1. The summed E-state index contributed by atoms with van der Waals surface area (Å²) in [5, 5.41) is 7.11. The van der Waals surface area contributed by atoms with Crippen molar-refractivity contribution < 1.29 is 0 Å². The van der Waals surface area contributed by atoms with Crippen molar-refractivity contribution in [2.24, 2.45) is 0 Å². The molecule has 1 aromatic heterocycles. The second-order valence-electron chi connectivity index (χ2n) is 8.46. The Hall–Kier alpha value is -3.19. The third-order valence-corrected chi connectivity index (χ3v) is 6.39. The second kappa shape index (κ2) is 9.12. The smallest absolute Gasteiger partial charge is 0.232 e. The third-order valence-electron chi connectivity index (χ3n) is 6.17. The number of aromatic nitrogens is 2. The van der Waals surface area contributed by atoms with Gasteiger partial charge < -0.3 is 20.4 Å². The largest absolute Gasteiger partial charge is 0.356 e. The van der Waals surface area contributed by atoms with Gasteiger partial charge in [0.15, 0.2) is 5.11 Å². The van der Waals surface area contributed by atoms with E-state index in [-0.39, 0.29) is 6.04 Å². The molecule has 32 heavy (non-hydrogen) atoms. The number of nitrogens with one attached hydrogen (secondary N) is 2. The molecule has 1 atom stereocenters. The first-order valence-corrected chi connectivity index (χ1v) is 11.6. The Morgan fingerprint density at radius 3 is 2.12 bits per heavy atom.